The maximum atomic E-state index is 11.5. The number of carbonyl (C=O) groups excluding carboxylic acids is 1. The lowest BCUT2D eigenvalue weighted by molar-refractivity contribution is -0.112. The molecular weight excluding hydrogens is 220 g/mol. The summed E-state index contributed by atoms with van der Waals surface area (Å²) in [6.07, 6.45) is 1.80. The maximum Gasteiger partial charge on any atom is 0.130 e. The Hall–Kier alpha value is -1.89. The molecule has 0 aromatic heterocycles. The van der Waals surface area contributed by atoms with Crippen molar-refractivity contribution in [3.8, 4) is 0 Å². The third-order valence-electron chi connectivity index (χ3n) is 3.39. The van der Waals surface area contributed by atoms with E-state index in [4.69, 9.17) is 0 Å². The largest absolute Gasteiger partial charge is 0.302 e. The monoisotopic (exact) mass is 238 g/mol. The van der Waals surface area contributed by atoms with E-state index in [1.54, 1.807) is 0 Å². The van der Waals surface area contributed by atoms with Crippen molar-refractivity contribution in [1.82, 2.24) is 0 Å². The fourth-order valence-electron chi connectivity index (χ4n) is 2.17. The molecular formula is C17H18O. The fourth-order valence-corrected chi connectivity index (χ4v) is 2.17. The average Bonchev–Trinajstić information content (AvgIpc) is 2.40. The minimum atomic E-state index is -0.449. The number of carbonyl (C=O) groups is 1. The Morgan fingerprint density at radius 3 is 2.17 bits per heavy atom. The molecule has 92 valence electrons. The first-order valence-electron chi connectivity index (χ1n) is 6.21. The van der Waals surface area contributed by atoms with Crippen molar-refractivity contribution in [3.05, 3.63) is 71.3 Å². The summed E-state index contributed by atoms with van der Waals surface area (Å²) in [7, 11) is 0. The van der Waals surface area contributed by atoms with Gasteiger partial charge >= 0.3 is 0 Å². The van der Waals surface area contributed by atoms with Gasteiger partial charge in [-0.3, -0.25) is 0 Å². The lowest BCUT2D eigenvalue weighted by Gasteiger charge is -2.24. The van der Waals surface area contributed by atoms with Gasteiger partial charge in [0.25, 0.3) is 0 Å². The fraction of sp³-hybridized carbons (Fsp3) is 0.235. The number of aryl methyl sites for hydroxylation is 1. The minimum Gasteiger partial charge on any atom is -0.302 e. The van der Waals surface area contributed by atoms with Crippen LogP contribution in [0, 0.1) is 6.92 Å². The first-order valence-corrected chi connectivity index (χ1v) is 6.21. The Labute approximate surface area is 108 Å². The SMILES string of the molecule is Cc1ccc([C@](C)(C=O)Cc2ccccc2)cc1. The molecule has 0 bridgehead atoms. The Bertz CT molecular complexity index is 513. The Morgan fingerprint density at radius 1 is 1.00 bits per heavy atom. The van der Waals surface area contributed by atoms with Gasteiger partial charge < -0.3 is 4.79 Å². The molecule has 0 heterocycles. The predicted octanol–water partition coefficient (Wildman–Crippen LogP) is 3.69. The highest BCUT2D eigenvalue weighted by molar-refractivity contribution is 5.68. The first-order chi connectivity index (χ1) is 8.64. The smallest absolute Gasteiger partial charge is 0.130 e. The van der Waals surface area contributed by atoms with Crippen LogP contribution in [0.1, 0.15) is 23.6 Å². The van der Waals surface area contributed by atoms with E-state index in [1.165, 1.54) is 11.1 Å². The molecule has 0 amide bonds. The van der Waals surface area contributed by atoms with Gasteiger partial charge in [0, 0.05) is 0 Å². The molecule has 0 aliphatic carbocycles. The Balaban J connectivity index is 2.30. The third kappa shape index (κ3) is 2.67. The number of hydrogen-bond acceptors (Lipinski definition) is 1. The summed E-state index contributed by atoms with van der Waals surface area (Å²) in [5, 5.41) is 0. The highest BCUT2D eigenvalue weighted by Crippen LogP contribution is 2.26. The summed E-state index contributed by atoms with van der Waals surface area (Å²) in [6, 6.07) is 18.4. The van der Waals surface area contributed by atoms with E-state index in [-0.39, 0.29) is 0 Å². The van der Waals surface area contributed by atoms with E-state index in [1.807, 2.05) is 37.3 Å². The molecule has 0 radical (unpaired) electrons. The van der Waals surface area contributed by atoms with Gasteiger partial charge in [0.2, 0.25) is 0 Å². The molecule has 2 aromatic rings. The molecule has 0 fully saturated rings. The topological polar surface area (TPSA) is 17.1 Å². The van der Waals surface area contributed by atoms with Crippen LogP contribution in [0.15, 0.2) is 54.6 Å². The predicted molar refractivity (Wildman–Crippen MR) is 74.7 cm³/mol. The average molecular weight is 238 g/mol. The van der Waals surface area contributed by atoms with E-state index in [2.05, 4.69) is 31.2 Å². The van der Waals surface area contributed by atoms with Gasteiger partial charge in [-0.2, -0.15) is 0 Å². The normalized spacial score (nSPS) is 13.9. The van der Waals surface area contributed by atoms with Crippen LogP contribution in [0.4, 0.5) is 0 Å². The zero-order valence-electron chi connectivity index (χ0n) is 10.9. The first kappa shape index (κ1) is 12.6. The highest BCUT2D eigenvalue weighted by Gasteiger charge is 2.26. The minimum absolute atomic E-state index is 0.449. The van der Waals surface area contributed by atoms with E-state index in [0.717, 1.165) is 18.3 Å². The molecule has 0 aliphatic rings. The second kappa shape index (κ2) is 5.18. The van der Waals surface area contributed by atoms with Gasteiger partial charge in [-0.25, -0.2) is 0 Å². The molecule has 18 heavy (non-hydrogen) atoms. The molecule has 2 rings (SSSR count). The lowest BCUT2D eigenvalue weighted by Crippen LogP contribution is -2.26. The van der Waals surface area contributed by atoms with E-state index < -0.39 is 5.41 Å². The number of benzene rings is 2. The molecule has 0 aliphatic heterocycles. The lowest BCUT2D eigenvalue weighted by atomic mass is 9.78. The molecule has 1 atom stereocenters. The van der Waals surface area contributed by atoms with Crippen molar-refractivity contribution in [1.29, 1.82) is 0 Å². The van der Waals surface area contributed by atoms with Gasteiger partial charge in [-0.1, -0.05) is 60.2 Å². The van der Waals surface area contributed by atoms with Crippen LogP contribution in [0.2, 0.25) is 0 Å². The Kier molecular flexibility index (Phi) is 3.61. The highest BCUT2D eigenvalue weighted by atomic mass is 16.1. The summed E-state index contributed by atoms with van der Waals surface area (Å²) in [6.45, 7) is 4.05. The van der Waals surface area contributed by atoms with Crippen molar-refractivity contribution >= 4 is 6.29 Å². The molecule has 1 nitrogen and oxygen atoms in total. The summed E-state index contributed by atoms with van der Waals surface area (Å²) < 4.78 is 0. The number of hydrogen-bond donors (Lipinski definition) is 0. The quantitative estimate of drug-likeness (QED) is 0.742. The zero-order chi connectivity index (χ0) is 13.0. The molecule has 0 spiro atoms. The summed E-state index contributed by atoms with van der Waals surface area (Å²) in [4.78, 5) is 11.5. The van der Waals surface area contributed by atoms with Crippen LogP contribution in [0.3, 0.4) is 0 Å². The number of rotatable bonds is 4. The van der Waals surface area contributed by atoms with Gasteiger partial charge in [-0.05, 0) is 31.4 Å². The van der Waals surface area contributed by atoms with E-state index in [9.17, 15) is 4.79 Å². The second-order valence-corrected chi connectivity index (χ2v) is 5.06. The zero-order valence-corrected chi connectivity index (χ0v) is 10.9. The molecule has 0 unspecified atom stereocenters. The van der Waals surface area contributed by atoms with Crippen LogP contribution < -0.4 is 0 Å². The molecule has 0 N–H and O–H groups in total. The molecule has 0 saturated heterocycles. The summed E-state index contributed by atoms with van der Waals surface area (Å²) in [5.74, 6) is 0. The van der Waals surface area contributed by atoms with Crippen molar-refractivity contribution in [2.45, 2.75) is 25.7 Å². The molecule has 1 heteroatoms. The Morgan fingerprint density at radius 2 is 1.61 bits per heavy atom. The third-order valence-corrected chi connectivity index (χ3v) is 3.39. The maximum absolute atomic E-state index is 11.5. The van der Waals surface area contributed by atoms with Gasteiger partial charge in [0.05, 0.1) is 5.41 Å². The van der Waals surface area contributed by atoms with Gasteiger partial charge in [0.15, 0.2) is 0 Å². The van der Waals surface area contributed by atoms with Crippen LogP contribution in [0.5, 0.6) is 0 Å². The summed E-state index contributed by atoms with van der Waals surface area (Å²) >= 11 is 0. The van der Waals surface area contributed by atoms with Crippen molar-refractivity contribution in [2.24, 2.45) is 0 Å². The molecule has 0 saturated carbocycles. The van der Waals surface area contributed by atoms with Crippen LogP contribution in [-0.2, 0) is 16.6 Å². The van der Waals surface area contributed by atoms with Gasteiger partial charge in [-0.15, -0.1) is 0 Å². The van der Waals surface area contributed by atoms with Crippen LogP contribution >= 0.6 is 0 Å². The standard InChI is InChI=1S/C17H18O/c1-14-8-10-16(11-9-14)17(2,13-18)12-15-6-4-3-5-7-15/h3-11,13H,12H2,1-2H3/t17-/m0/s1. The van der Waals surface area contributed by atoms with E-state index in [0.29, 0.717) is 0 Å². The number of aldehydes is 1. The van der Waals surface area contributed by atoms with Crippen LogP contribution in [0.25, 0.3) is 0 Å². The van der Waals surface area contributed by atoms with Crippen molar-refractivity contribution in [2.75, 3.05) is 0 Å². The van der Waals surface area contributed by atoms with Crippen molar-refractivity contribution < 1.29 is 4.79 Å². The van der Waals surface area contributed by atoms with Gasteiger partial charge in [0.1, 0.15) is 6.29 Å². The second-order valence-electron chi connectivity index (χ2n) is 5.06. The molecule has 2 aromatic carbocycles. The van der Waals surface area contributed by atoms with Crippen molar-refractivity contribution in [3.63, 3.8) is 0 Å². The van der Waals surface area contributed by atoms with E-state index >= 15 is 0 Å². The summed E-state index contributed by atoms with van der Waals surface area (Å²) in [5.41, 5.74) is 3.03. The van der Waals surface area contributed by atoms with Crippen LogP contribution in [-0.4, -0.2) is 6.29 Å².